The first kappa shape index (κ1) is 27.3. The number of hydrogen-bond donors (Lipinski definition) is 1. The highest BCUT2D eigenvalue weighted by molar-refractivity contribution is 5.95. The van der Waals surface area contributed by atoms with Gasteiger partial charge in [-0.25, -0.2) is 4.68 Å². The lowest BCUT2D eigenvalue weighted by Crippen LogP contribution is -2.34. The second-order valence-corrected chi connectivity index (χ2v) is 9.23. The van der Waals surface area contributed by atoms with Crippen molar-refractivity contribution in [1.29, 1.82) is 0 Å². The van der Waals surface area contributed by atoms with E-state index in [2.05, 4.69) is 49.2 Å². The van der Waals surface area contributed by atoms with E-state index < -0.39 is 0 Å². The maximum atomic E-state index is 13.5. The molecule has 7 nitrogen and oxygen atoms in total. The fourth-order valence-electron chi connectivity index (χ4n) is 4.35. The minimum atomic E-state index is -0.141. The summed E-state index contributed by atoms with van der Waals surface area (Å²) >= 11 is 0. The van der Waals surface area contributed by atoms with E-state index in [9.17, 15) is 4.79 Å². The van der Waals surface area contributed by atoms with Crippen molar-refractivity contribution in [2.75, 3.05) is 33.9 Å². The average Bonchev–Trinajstić information content (AvgIpc) is 3.32. The number of carbonyl (C=O) groups excluding carboxylic acids is 1. The largest absolute Gasteiger partial charge is 0.497 e. The van der Waals surface area contributed by atoms with Gasteiger partial charge in [-0.05, 0) is 88.6 Å². The van der Waals surface area contributed by atoms with Crippen molar-refractivity contribution in [3.05, 3.63) is 59.3 Å². The van der Waals surface area contributed by atoms with Gasteiger partial charge in [0.05, 0.1) is 25.6 Å². The molecular weight excluding hydrogens is 452 g/mol. The Kier molecular flexibility index (Phi) is 9.53. The Balaban J connectivity index is 1.94. The van der Waals surface area contributed by atoms with Crippen molar-refractivity contribution < 1.29 is 14.3 Å². The minimum Gasteiger partial charge on any atom is -0.497 e. The van der Waals surface area contributed by atoms with Crippen LogP contribution in [0.1, 0.15) is 55.2 Å². The molecule has 3 rings (SSSR count). The topological polar surface area (TPSA) is 68.6 Å². The van der Waals surface area contributed by atoms with Crippen LogP contribution in [0.2, 0.25) is 0 Å². The number of nitrogens with one attached hydrogen (secondary N) is 1. The van der Waals surface area contributed by atoms with Gasteiger partial charge in [0, 0.05) is 17.7 Å². The highest BCUT2D eigenvalue weighted by Gasteiger charge is 2.22. The second kappa shape index (κ2) is 12.6. The van der Waals surface area contributed by atoms with Gasteiger partial charge < -0.3 is 19.7 Å². The molecule has 1 amide bonds. The van der Waals surface area contributed by atoms with Gasteiger partial charge in [-0.3, -0.25) is 4.79 Å². The molecule has 0 aliphatic rings. The van der Waals surface area contributed by atoms with E-state index in [0.717, 1.165) is 54.9 Å². The van der Waals surface area contributed by atoms with Crippen LogP contribution in [-0.2, 0) is 0 Å². The number of nitrogens with zero attached hydrogens (tertiary/aromatic N) is 3. The summed E-state index contributed by atoms with van der Waals surface area (Å²) in [7, 11) is 3.24. The van der Waals surface area contributed by atoms with E-state index in [1.165, 1.54) is 0 Å². The van der Waals surface area contributed by atoms with Gasteiger partial charge in [0.1, 0.15) is 17.2 Å². The van der Waals surface area contributed by atoms with Crippen molar-refractivity contribution in [2.24, 2.45) is 0 Å². The lowest BCUT2D eigenvalue weighted by molar-refractivity contribution is 0.0929. The zero-order chi connectivity index (χ0) is 26.2. The van der Waals surface area contributed by atoms with Crippen molar-refractivity contribution >= 4 is 5.91 Å². The standard InChI is InChI=1S/C29H40N4O3/c1-8-32(9-2)16-10-11-22(5)30-29(34)27-19-25(24-15-14-23(35-6)18-28(24)36-7)31-33(27)26-17-20(3)12-13-21(26)4/h12-15,17-19,22H,8-11,16H2,1-7H3,(H,30,34). The molecule has 0 radical (unpaired) electrons. The highest BCUT2D eigenvalue weighted by atomic mass is 16.5. The molecule has 0 saturated heterocycles. The number of rotatable bonds is 12. The molecular formula is C29H40N4O3. The van der Waals surface area contributed by atoms with Gasteiger partial charge in [0.15, 0.2) is 0 Å². The Bertz CT molecular complexity index is 1170. The number of amides is 1. The SMILES string of the molecule is CCN(CC)CCCC(C)NC(=O)c1cc(-c2ccc(OC)cc2OC)nn1-c1cc(C)ccc1C. The van der Waals surface area contributed by atoms with E-state index in [4.69, 9.17) is 14.6 Å². The highest BCUT2D eigenvalue weighted by Crippen LogP contribution is 2.34. The number of methoxy groups -OCH3 is 2. The van der Waals surface area contributed by atoms with Crippen LogP contribution >= 0.6 is 0 Å². The smallest absolute Gasteiger partial charge is 0.270 e. The summed E-state index contributed by atoms with van der Waals surface area (Å²) in [5.41, 5.74) is 4.97. The summed E-state index contributed by atoms with van der Waals surface area (Å²) in [5.74, 6) is 1.19. The maximum absolute atomic E-state index is 13.5. The molecule has 194 valence electrons. The van der Waals surface area contributed by atoms with Crippen LogP contribution in [0.5, 0.6) is 11.5 Å². The van der Waals surface area contributed by atoms with Crippen molar-refractivity contribution in [2.45, 2.75) is 53.5 Å². The summed E-state index contributed by atoms with van der Waals surface area (Å²) in [5, 5.41) is 8.07. The molecule has 36 heavy (non-hydrogen) atoms. The van der Waals surface area contributed by atoms with Crippen molar-refractivity contribution in [1.82, 2.24) is 20.0 Å². The molecule has 1 aromatic heterocycles. The van der Waals surface area contributed by atoms with E-state index in [1.807, 2.05) is 38.1 Å². The third-order valence-electron chi connectivity index (χ3n) is 6.60. The molecule has 1 N–H and O–H groups in total. The second-order valence-electron chi connectivity index (χ2n) is 9.23. The van der Waals surface area contributed by atoms with Crippen LogP contribution in [0.4, 0.5) is 0 Å². The fourth-order valence-corrected chi connectivity index (χ4v) is 4.35. The number of carbonyl (C=O) groups is 1. The number of hydrogen-bond acceptors (Lipinski definition) is 5. The molecule has 0 saturated carbocycles. The third-order valence-corrected chi connectivity index (χ3v) is 6.60. The molecule has 3 aromatic rings. The van der Waals surface area contributed by atoms with Crippen molar-refractivity contribution in [3.8, 4) is 28.4 Å². The molecule has 7 heteroatoms. The molecule has 2 aromatic carbocycles. The van der Waals surface area contributed by atoms with Gasteiger partial charge >= 0.3 is 0 Å². The summed E-state index contributed by atoms with van der Waals surface area (Å²) in [6, 6.07) is 13.7. The lowest BCUT2D eigenvalue weighted by atomic mass is 10.1. The average molecular weight is 493 g/mol. The molecule has 1 atom stereocenters. The van der Waals surface area contributed by atoms with Gasteiger partial charge in [0.25, 0.3) is 5.91 Å². The van der Waals surface area contributed by atoms with Crippen LogP contribution in [-0.4, -0.2) is 60.5 Å². The molecule has 0 bridgehead atoms. The predicted octanol–water partition coefficient (Wildman–Crippen LogP) is 5.41. The van der Waals surface area contributed by atoms with E-state index in [1.54, 1.807) is 18.9 Å². The molecule has 1 unspecified atom stereocenters. The zero-order valence-electron chi connectivity index (χ0n) is 22.7. The number of aryl methyl sites for hydroxylation is 2. The normalized spacial score (nSPS) is 12.0. The van der Waals surface area contributed by atoms with Gasteiger partial charge in [-0.15, -0.1) is 0 Å². The first-order valence-electron chi connectivity index (χ1n) is 12.7. The Labute approximate surface area is 215 Å². The first-order valence-corrected chi connectivity index (χ1v) is 12.7. The Hall–Kier alpha value is -3.32. The van der Waals surface area contributed by atoms with E-state index in [-0.39, 0.29) is 11.9 Å². The molecule has 0 aliphatic heterocycles. The van der Waals surface area contributed by atoms with Crippen LogP contribution in [0.3, 0.4) is 0 Å². The number of ether oxygens (including phenoxy) is 2. The monoisotopic (exact) mass is 492 g/mol. The summed E-state index contributed by atoms with van der Waals surface area (Å²) in [4.78, 5) is 15.9. The molecule has 0 spiro atoms. The molecule has 0 fully saturated rings. The van der Waals surface area contributed by atoms with Crippen LogP contribution in [0, 0.1) is 13.8 Å². The maximum Gasteiger partial charge on any atom is 0.270 e. The first-order chi connectivity index (χ1) is 17.3. The van der Waals surface area contributed by atoms with Crippen LogP contribution in [0.15, 0.2) is 42.5 Å². The Morgan fingerprint density at radius 2 is 1.81 bits per heavy atom. The summed E-state index contributed by atoms with van der Waals surface area (Å²) in [6.45, 7) is 13.6. The van der Waals surface area contributed by atoms with Crippen molar-refractivity contribution in [3.63, 3.8) is 0 Å². The summed E-state index contributed by atoms with van der Waals surface area (Å²) in [6.07, 6.45) is 1.95. The van der Waals surface area contributed by atoms with Gasteiger partial charge in [0.2, 0.25) is 0 Å². The van der Waals surface area contributed by atoms with E-state index >= 15 is 0 Å². The predicted molar refractivity (Wildman–Crippen MR) is 146 cm³/mol. The third kappa shape index (κ3) is 6.46. The number of benzene rings is 2. The van der Waals surface area contributed by atoms with Gasteiger partial charge in [-0.2, -0.15) is 5.10 Å². The number of aromatic nitrogens is 2. The molecule has 1 heterocycles. The van der Waals surface area contributed by atoms with E-state index in [0.29, 0.717) is 22.9 Å². The Morgan fingerprint density at radius 1 is 1.06 bits per heavy atom. The Morgan fingerprint density at radius 3 is 2.47 bits per heavy atom. The molecule has 0 aliphatic carbocycles. The quantitative estimate of drug-likeness (QED) is 0.366. The summed E-state index contributed by atoms with van der Waals surface area (Å²) < 4.78 is 12.7. The minimum absolute atomic E-state index is 0.0500. The zero-order valence-corrected chi connectivity index (χ0v) is 22.7. The van der Waals surface area contributed by atoms with Crippen LogP contribution < -0.4 is 14.8 Å². The van der Waals surface area contributed by atoms with Gasteiger partial charge in [-0.1, -0.05) is 26.0 Å². The fraction of sp³-hybridized carbons (Fsp3) is 0.448. The van der Waals surface area contributed by atoms with Crippen LogP contribution in [0.25, 0.3) is 16.9 Å². The lowest BCUT2D eigenvalue weighted by Gasteiger charge is -2.20.